The second-order valence-electron chi connectivity index (χ2n) is 4.67. The molecule has 5 nitrogen and oxygen atoms in total. The van der Waals surface area contributed by atoms with Crippen molar-refractivity contribution in [2.24, 2.45) is 0 Å². The van der Waals surface area contributed by atoms with Gasteiger partial charge in [0.15, 0.2) is 0 Å². The molecule has 22 heavy (non-hydrogen) atoms. The summed E-state index contributed by atoms with van der Waals surface area (Å²) in [7, 11) is 0. The first-order chi connectivity index (χ1) is 10.6. The molecule has 0 aliphatic carbocycles. The van der Waals surface area contributed by atoms with Gasteiger partial charge in [-0.2, -0.15) is 0 Å². The molecule has 0 saturated heterocycles. The predicted octanol–water partition coefficient (Wildman–Crippen LogP) is 3.06. The average molecular weight is 339 g/mol. The van der Waals surface area contributed by atoms with Gasteiger partial charge in [0.2, 0.25) is 5.91 Å². The number of nitrogens with one attached hydrogen (secondary N) is 1. The zero-order valence-electron chi connectivity index (χ0n) is 11.7. The Morgan fingerprint density at radius 2 is 2.14 bits per heavy atom. The third-order valence-corrected chi connectivity index (χ3v) is 4.23. The van der Waals surface area contributed by atoms with Crippen molar-refractivity contribution < 1.29 is 14.7 Å². The Kier molecular flexibility index (Phi) is 5.91. The summed E-state index contributed by atoms with van der Waals surface area (Å²) in [6.45, 7) is 0. The fourth-order valence-corrected chi connectivity index (χ4v) is 2.92. The Morgan fingerprint density at radius 3 is 2.77 bits per heavy atom. The first kappa shape index (κ1) is 16.5. The highest BCUT2D eigenvalue weighted by Gasteiger charge is 2.20. The summed E-state index contributed by atoms with van der Waals surface area (Å²) >= 11 is 7.58. The summed E-state index contributed by atoms with van der Waals surface area (Å²) in [4.78, 5) is 27.2. The van der Waals surface area contributed by atoms with Crippen molar-refractivity contribution in [3.63, 3.8) is 0 Å². The number of aromatic nitrogens is 1. The van der Waals surface area contributed by atoms with Gasteiger partial charge in [0.25, 0.3) is 0 Å². The van der Waals surface area contributed by atoms with Crippen LogP contribution in [0.2, 0.25) is 5.02 Å². The van der Waals surface area contributed by atoms with Gasteiger partial charge in [0.1, 0.15) is 0 Å². The van der Waals surface area contributed by atoms with Crippen LogP contribution in [0.3, 0.4) is 0 Å². The number of carboxylic acid groups (broad SMARTS) is 1. The molecule has 0 saturated carbocycles. The molecule has 0 bridgehead atoms. The highest BCUT2D eigenvalue weighted by atomic mass is 35.5. The number of aryl methyl sites for hydroxylation is 1. The normalized spacial score (nSPS) is 11.9. The van der Waals surface area contributed by atoms with Gasteiger partial charge >= 0.3 is 5.97 Å². The summed E-state index contributed by atoms with van der Waals surface area (Å²) in [5.74, 6) is -1.22. The minimum absolute atomic E-state index is 0.216. The summed E-state index contributed by atoms with van der Waals surface area (Å²) in [6.07, 6.45) is 2.27. The summed E-state index contributed by atoms with van der Waals surface area (Å²) in [6, 6.07) is 6.27. The molecule has 1 heterocycles. The van der Waals surface area contributed by atoms with Gasteiger partial charge in [-0.3, -0.25) is 9.59 Å². The first-order valence-corrected chi connectivity index (χ1v) is 7.96. The smallest absolute Gasteiger partial charge is 0.305 e. The van der Waals surface area contributed by atoms with E-state index in [4.69, 9.17) is 16.7 Å². The maximum Gasteiger partial charge on any atom is 0.305 e. The summed E-state index contributed by atoms with van der Waals surface area (Å²) in [5, 5.41) is 14.9. The highest BCUT2D eigenvalue weighted by Crippen LogP contribution is 2.25. The second-order valence-corrected chi connectivity index (χ2v) is 6.05. The molecule has 0 spiro atoms. The second kappa shape index (κ2) is 7.91. The number of amides is 1. The van der Waals surface area contributed by atoms with Crippen LogP contribution in [-0.2, 0) is 16.0 Å². The van der Waals surface area contributed by atoms with Gasteiger partial charge in [0.05, 0.1) is 17.5 Å². The lowest BCUT2D eigenvalue weighted by Crippen LogP contribution is -2.30. The number of rotatable bonds is 7. The molecule has 2 aromatic rings. The SMILES string of the molecule is O=C(O)C[C@H](NC(=O)CCc1nccs1)c1ccccc1Cl. The number of carboxylic acids is 1. The standard InChI is InChI=1S/C15H15ClN2O3S/c16-11-4-2-1-3-10(11)12(9-15(20)21)18-13(19)5-6-14-17-7-8-22-14/h1-4,7-8,12H,5-6,9H2,(H,18,19)(H,20,21)/t12-/m0/s1. The Labute approximate surface area is 137 Å². The molecule has 0 aliphatic rings. The quantitative estimate of drug-likeness (QED) is 0.813. The third-order valence-electron chi connectivity index (χ3n) is 3.04. The van der Waals surface area contributed by atoms with Crippen molar-refractivity contribution >= 4 is 34.8 Å². The van der Waals surface area contributed by atoms with Crippen molar-refractivity contribution in [3.05, 3.63) is 51.4 Å². The van der Waals surface area contributed by atoms with E-state index in [0.29, 0.717) is 17.0 Å². The van der Waals surface area contributed by atoms with Crippen molar-refractivity contribution in [2.75, 3.05) is 0 Å². The number of thiazole rings is 1. The van der Waals surface area contributed by atoms with Crippen LogP contribution in [0.4, 0.5) is 0 Å². The van der Waals surface area contributed by atoms with Gasteiger partial charge in [-0.25, -0.2) is 4.98 Å². The Balaban J connectivity index is 2.01. The third kappa shape index (κ3) is 4.82. The molecule has 2 rings (SSSR count). The molecule has 1 aromatic heterocycles. The predicted molar refractivity (Wildman–Crippen MR) is 85.0 cm³/mol. The number of halogens is 1. The number of hydrogen-bond donors (Lipinski definition) is 2. The topological polar surface area (TPSA) is 79.3 Å². The first-order valence-electron chi connectivity index (χ1n) is 6.70. The average Bonchev–Trinajstić information content (AvgIpc) is 2.98. The highest BCUT2D eigenvalue weighted by molar-refractivity contribution is 7.09. The molecule has 0 fully saturated rings. The van der Waals surface area contributed by atoms with Crippen LogP contribution in [0.25, 0.3) is 0 Å². The van der Waals surface area contributed by atoms with Crippen LogP contribution < -0.4 is 5.32 Å². The Bertz CT molecular complexity index is 646. The van der Waals surface area contributed by atoms with Crippen molar-refractivity contribution in [3.8, 4) is 0 Å². The molecule has 0 aliphatic heterocycles. The van der Waals surface area contributed by atoms with E-state index >= 15 is 0 Å². The van der Waals surface area contributed by atoms with E-state index in [2.05, 4.69) is 10.3 Å². The number of hydrogen-bond acceptors (Lipinski definition) is 4. The van der Waals surface area contributed by atoms with Crippen LogP contribution in [-0.4, -0.2) is 22.0 Å². The van der Waals surface area contributed by atoms with Gasteiger partial charge in [-0.15, -0.1) is 11.3 Å². The lowest BCUT2D eigenvalue weighted by atomic mass is 10.0. The lowest BCUT2D eigenvalue weighted by Gasteiger charge is -2.18. The fourth-order valence-electron chi connectivity index (χ4n) is 2.03. The summed E-state index contributed by atoms with van der Waals surface area (Å²) < 4.78 is 0. The number of carbonyl (C=O) groups is 2. The lowest BCUT2D eigenvalue weighted by molar-refractivity contribution is -0.137. The maximum atomic E-state index is 12.0. The van der Waals surface area contributed by atoms with Gasteiger partial charge in [-0.1, -0.05) is 29.8 Å². The van der Waals surface area contributed by atoms with Crippen molar-refractivity contribution in [1.29, 1.82) is 0 Å². The number of nitrogens with zero attached hydrogens (tertiary/aromatic N) is 1. The zero-order valence-corrected chi connectivity index (χ0v) is 13.2. The van der Waals surface area contributed by atoms with E-state index < -0.39 is 12.0 Å². The Morgan fingerprint density at radius 1 is 1.36 bits per heavy atom. The minimum Gasteiger partial charge on any atom is -0.481 e. The van der Waals surface area contributed by atoms with Crippen LogP contribution >= 0.6 is 22.9 Å². The monoisotopic (exact) mass is 338 g/mol. The van der Waals surface area contributed by atoms with Crippen LogP contribution in [0.5, 0.6) is 0 Å². The number of benzene rings is 1. The van der Waals surface area contributed by atoms with Crippen LogP contribution in [0.15, 0.2) is 35.8 Å². The molecular formula is C15H15ClN2O3S. The molecule has 1 atom stereocenters. The number of carbonyl (C=O) groups excluding carboxylic acids is 1. The van der Waals surface area contributed by atoms with E-state index in [0.717, 1.165) is 5.01 Å². The molecule has 2 N–H and O–H groups in total. The maximum absolute atomic E-state index is 12.0. The molecule has 1 amide bonds. The zero-order chi connectivity index (χ0) is 15.9. The molecular weight excluding hydrogens is 324 g/mol. The molecule has 7 heteroatoms. The van der Waals surface area contributed by atoms with Gasteiger partial charge in [-0.05, 0) is 11.6 Å². The van der Waals surface area contributed by atoms with E-state index in [1.54, 1.807) is 30.5 Å². The van der Waals surface area contributed by atoms with E-state index in [1.807, 2.05) is 5.38 Å². The van der Waals surface area contributed by atoms with Crippen LogP contribution in [0.1, 0.15) is 29.5 Å². The number of aliphatic carboxylic acids is 1. The molecule has 1 aromatic carbocycles. The van der Waals surface area contributed by atoms with Crippen molar-refractivity contribution in [2.45, 2.75) is 25.3 Å². The minimum atomic E-state index is -0.995. The fraction of sp³-hybridized carbons (Fsp3) is 0.267. The van der Waals surface area contributed by atoms with E-state index in [1.165, 1.54) is 11.3 Å². The van der Waals surface area contributed by atoms with Crippen molar-refractivity contribution in [1.82, 2.24) is 10.3 Å². The van der Waals surface area contributed by atoms with Crippen LogP contribution in [0, 0.1) is 0 Å². The van der Waals surface area contributed by atoms with Gasteiger partial charge < -0.3 is 10.4 Å². The van der Waals surface area contributed by atoms with E-state index in [9.17, 15) is 9.59 Å². The molecule has 0 unspecified atom stereocenters. The molecule has 116 valence electrons. The Hall–Kier alpha value is -1.92. The van der Waals surface area contributed by atoms with E-state index in [-0.39, 0.29) is 18.7 Å². The largest absolute Gasteiger partial charge is 0.481 e. The van der Waals surface area contributed by atoms with Gasteiger partial charge in [0, 0.05) is 29.4 Å². The molecule has 0 radical (unpaired) electrons. The summed E-state index contributed by atoms with van der Waals surface area (Å²) in [5.41, 5.74) is 0.606.